The third kappa shape index (κ3) is 4.08. The zero-order valence-corrected chi connectivity index (χ0v) is 12.2. The molecule has 20 heavy (non-hydrogen) atoms. The fourth-order valence-electron chi connectivity index (χ4n) is 1.85. The van der Waals surface area contributed by atoms with E-state index in [2.05, 4.69) is 20.8 Å². The molecule has 2 rings (SSSR count). The van der Waals surface area contributed by atoms with Crippen LogP contribution in [0.4, 0.5) is 0 Å². The Kier molecular flexibility index (Phi) is 6.76. The van der Waals surface area contributed by atoms with Crippen LogP contribution in [0.1, 0.15) is 16.8 Å². The molecule has 0 spiro atoms. The van der Waals surface area contributed by atoms with Crippen molar-refractivity contribution in [2.24, 2.45) is 0 Å². The van der Waals surface area contributed by atoms with Gasteiger partial charge in [0.05, 0.1) is 17.5 Å². The van der Waals surface area contributed by atoms with Crippen molar-refractivity contribution in [1.29, 1.82) is 0 Å². The Balaban J connectivity index is 0.00000200. The van der Waals surface area contributed by atoms with E-state index in [0.29, 0.717) is 12.1 Å². The highest BCUT2D eigenvalue weighted by atomic mass is 35.5. The highest BCUT2D eigenvalue weighted by Gasteiger charge is 2.14. The van der Waals surface area contributed by atoms with Gasteiger partial charge in [-0.2, -0.15) is 5.10 Å². The van der Waals surface area contributed by atoms with Crippen LogP contribution in [0.5, 0.6) is 0 Å². The number of rotatable bonds is 6. The van der Waals surface area contributed by atoms with E-state index in [4.69, 9.17) is 0 Å². The van der Waals surface area contributed by atoms with Crippen molar-refractivity contribution in [2.45, 2.75) is 6.42 Å². The first-order valence-electron chi connectivity index (χ1n) is 6.34. The maximum Gasteiger partial charge on any atom is 0.255 e. The van der Waals surface area contributed by atoms with Crippen LogP contribution >= 0.6 is 12.4 Å². The number of carbonyl (C=O) groups excluding carboxylic acids is 1. The number of carbonyl (C=O) groups is 1. The van der Waals surface area contributed by atoms with Gasteiger partial charge in [0.1, 0.15) is 0 Å². The van der Waals surface area contributed by atoms with Crippen LogP contribution in [0, 0.1) is 0 Å². The largest absolute Gasteiger partial charge is 0.352 e. The van der Waals surface area contributed by atoms with E-state index in [9.17, 15) is 4.79 Å². The van der Waals surface area contributed by atoms with E-state index >= 15 is 0 Å². The lowest BCUT2D eigenvalue weighted by molar-refractivity contribution is 0.0954. The van der Waals surface area contributed by atoms with Gasteiger partial charge in [-0.25, -0.2) is 0 Å². The average Bonchev–Trinajstić information content (AvgIpc) is 2.94. The summed E-state index contributed by atoms with van der Waals surface area (Å²) in [5.74, 6) is -0.0938. The molecule has 1 amide bonds. The molecule has 108 valence electrons. The topological polar surface area (TPSA) is 69.8 Å². The van der Waals surface area contributed by atoms with Crippen molar-refractivity contribution in [1.82, 2.24) is 20.8 Å². The van der Waals surface area contributed by atoms with Crippen LogP contribution in [0.25, 0.3) is 11.3 Å². The van der Waals surface area contributed by atoms with Gasteiger partial charge in [-0.05, 0) is 20.0 Å². The minimum Gasteiger partial charge on any atom is -0.352 e. The molecule has 0 radical (unpaired) electrons. The van der Waals surface area contributed by atoms with Crippen molar-refractivity contribution in [2.75, 3.05) is 20.1 Å². The lowest BCUT2D eigenvalue weighted by Gasteiger charge is -2.05. The van der Waals surface area contributed by atoms with Gasteiger partial charge in [0.2, 0.25) is 0 Å². The third-order valence-electron chi connectivity index (χ3n) is 2.84. The SMILES string of the molecule is CNCCCNC(=O)c1cn[nH]c1-c1ccccc1.Cl. The molecule has 0 fully saturated rings. The normalized spacial score (nSPS) is 9.85. The molecule has 1 aromatic heterocycles. The summed E-state index contributed by atoms with van der Waals surface area (Å²) in [6.45, 7) is 1.54. The number of amides is 1. The quantitative estimate of drug-likeness (QED) is 0.712. The molecule has 0 aliphatic rings. The van der Waals surface area contributed by atoms with E-state index in [1.807, 2.05) is 37.4 Å². The first-order chi connectivity index (χ1) is 9.33. The zero-order valence-electron chi connectivity index (χ0n) is 11.3. The van der Waals surface area contributed by atoms with Crippen LogP contribution < -0.4 is 10.6 Å². The summed E-state index contributed by atoms with van der Waals surface area (Å²) in [6.07, 6.45) is 2.47. The molecular weight excluding hydrogens is 276 g/mol. The number of halogens is 1. The highest BCUT2D eigenvalue weighted by Crippen LogP contribution is 2.20. The summed E-state index contributed by atoms with van der Waals surface area (Å²) in [4.78, 5) is 12.1. The van der Waals surface area contributed by atoms with Crippen LogP contribution in [0.2, 0.25) is 0 Å². The smallest absolute Gasteiger partial charge is 0.255 e. The van der Waals surface area contributed by atoms with Gasteiger partial charge >= 0.3 is 0 Å². The van der Waals surface area contributed by atoms with Gasteiger partial charge in [0.25, 0.3) is 5.91 Å². The molecule has 6 heteroatoms. The van der Waals surface area contributed by atoms with Crippen molar-refractivity contribution in [3.63, 3.8) is 0 Å². The number of benzene rings is 1. The van der Waals surface area contributed by atoms with Crippen molar-refractivity contribution >= 4 is 18.3 Å². The molecule has 3 N–H and O–H groups in total. The summed E-state index contributed by atoms with van der Waals surface area (Å²) in [5, 5.41) is 12.8. The summed E-state index contributed by atoms with van der Waals surface area (Å²) < 4.78 is 0. The monoisotopic (exact) mass is 294 g/mol. The fourth-order valence-corrected chi connectivity index (χ4v) is 1.85. The highest BCUT2D eigenvalue weighted by molar-refractivity contribution is 5.99. The summed E-state index contributed by atoms with van der Waals surface area (Å²) >= 11 is 0. The maximum absolute atomic E-state index is 12.1. The van der Waals surface area contributed by atoms with Gasteiger partial charge in [0, 0.05) is 12.1 Å². The molecule has 0 saturated heterocycles. The predicted molar refractivity (Wildman–Crippen MR) is 82.1 cm³/mol. The maximum atomic E-state index is 12.1. The second kappa shape index (κ2) is 8.35. The molecule has 0 aliphatic heterocycles. The molecule has 2 aromatic rings. The number of nitrogens with zero attached hydrogens (tertiary/aromatic N) is 1. The molecule has 0 aliphatic carbocycles. The Morgan fingerprint density at radius 3 is 2.70 bits per heavy atom. The number of hydrogen-bond acceptors (Lipinski definition) is 3. The average molecular weight is 295 g/mol. The first kappa shape index (κ1) is 16.2. The number of H-pyrrole nitrogens is 1. The molecular formula is C14H19ClN4O. The molecule has 0 unspecified atom stereocenters. The first-order valence-corrected chi connectivity index (χ1v) is 6.34. The van der Waals surface area contributed by atoms with Crippen molar-refractivity contribution in [3.8, 4) is 11.3 Å². The van der Waals surface area contributed by atoms with Gasteiger partial charge < -0.3 is 10.6 Å². The van der Waals surface area contributed by atoms with E-state index in [-0.39, 0.29) is 18.3 Å². The van der Waals surface area contributed by atoms with Gasteiger partial charge in [-0.1, -0.05) is 30.3 Å². The minimum atomic E-state index is -0.0938. The van der Waals surface area contributed by atoms with E-state index in [0.717, 1.165) is 24.2 Å². The lowest BCUT2D eigenvalue weighted by atomic mass is 10.1. The van der Waals surface area contributed by atoms with Crippen molar-refractivity contribution < 1.29 is 4.79 Å². The Morgan fingerprint density at radius 2 is 2.00 bits per heavy atom. The van der Waals surface area contributed by atoms with Crippen LogP contribution in [0.3, 0.4) is 0 Å². The van der Waals surface area contributed by atoms with E-state index in [1.165, 1.54) is 0 Å². The second-order valence-corrected chi connectivity index (χ2v) is 4.24. The molecule has 0 atom stereocenters. The number of aromatic nitrogens is 2. The second-order valence-electron chi connectivity index (χ2n) is 4.24. The van der Waals surface area contributed by atoms with Gasteiger partial charge in [-0.15, -0.1) is 12.4 Å². The Hall–Kier alpha value is -1.85. The standard InChI is InChI=1S/C14H18N4O.ClH/c1-15-8-5-9-16-14(19)12-10-17-18-13(12)11-6-3-2-4-7-11;/h2-4,6-7,10,15H,5,8-9H2,1H3,(H,16,19)(H,17,18);1H. The predicted octanol–water partition coefficient (Wildman–Crippen LogP) is 1.84. The number of nitrogens with one attached hydrogen (secondary N) is 3. The van der Waals surface area contributed by atoms with Gasteiger partial charge in [-0.3, -0.25) is 9.89 Å². The zero-order chi connectivity index (χ0) is 13.5. The summed E-state index contributed by atoms with van der Waals surface area (Å²) in [5.41, 5.74) is 2.29. The Morgan fingerprint density at radius 1 is 1.25 bits per heavy atom. The summed E-state index contributed by atoms with van der Waals surface area (Å²) in [6, 6.07) is 9.71. The Bertz CT molecular complexity index is 527. The van der Waals surface area contributed by atoms with Crippen LogP contribution in [0.15, 0.2) is 36.5 Å². The third-order valence-corrected chi connectivity index (χ3v) is 2.84. The van der Waals surface area contributed by atoms with Crippen LogP contribution in [-0.4, -0.2) is 36.2 Å². The molecule has 5 nitrogen and oxygen atoms in total. The molecule has 0 saturated carbocycles. The lowest BCUT2D eigenvalue weighted by Crippen LogP contribution is -2.26. The summed E-state index contributed by atoms with van der Waals surface area (Å²) in [7, 11) is 1.89. The van der Waals surface area contributed by atoms with E-state index < -0.39 is 0 Å². The fraction of sp³-hybridized carbons (Fsp3) is 0.286. The van der Waals surface area contributed by atoms with E-state index in [1.54, 1.807) is 6.20 Å². The minimum absolute atomic E-state index is 0. The van der Waals surface area contributed by atoms with Crippen LogP contribution in [-0.2, 0) is 0 Å². The van der Waals surface area contributed by atoms with Crippen molar-refractivity contribution in [3.05, 3.63) is 42.1 Å². The molecule has 1 aromatic carbocycles. The molecule has 1 heterocycles. The number of hydrogen-bond donors (Lipinski definition) is 3. The Labute approximate surface area is 124 Å². The van der Waals surface area contributed by atoms with Gasteiger partial charge in [0.15, 0.2) is 0 Å². The molecule has 0 bridgehead atoms. The number of aromatic amines is 1.